The predicted octanol–water partition coefficient (Wildman–Crippen LogP) is 3.80. The number of nitrogens with zero attached hydrogens (tertiary/aromatic N) is 5. The molecule has 1 atom stereocenters. The molecular formula is C24H33ClN6O2S. The highest BCUT2D eigenvalue weighted by Crippen LogP contribution is 2.41. The summed E-state index contributed by atoms with van der Waals surface area (Å²) in [6, 6.07) is 7.90. The van der Waals surface area contributed by atoms with Crippen LogP contribution in [0.25, 0.3) is 0 Å². The molecule has 1 spiro atoms. The number of hydrogen-bond acceptors (Lipinski definition) is 5. The number of aromatic nitrogens is 2. The maximum Gasteiger partial charge on any atom is 0.344 e. The lowest BCUT2D eigenvalue weighted by molar-refractivity contribution is 0.118. The van der Waals surface area contributed by atoms with E-state index in [-0.39, 0.29) is 11.4 Å². The van der Waals surface area contributed by atoms with Gasteiger partial charge in [0.1, 0.15) is 11.0 Å². The first kappa shape index (κ1) is 23.6. The number of amides is 1. The molecular weight excluding hydrogens is 472 g/mol. The van der Waals surface area contributed by atoms with E-state index in [0.717, 1.165) is 63.7 Å². The van der Waals surface area contributed by atoms with Crippen molar-refractivity contribution in [1.29, 1.82) is 0 Å². The summed E-state index contributed by atoms with van der Waals surface area (Å²) in [7, 11) is -1.21. The number of nitrogens with one attached hydrogen (secondary N) is 1. The second-order valence-corrected chi connectivity index (χ2v) is 11.4. The van der Waals surface area contributed by atoms with Gasteiger partial charge in [0, 0.05) is 68.5 Å². The SMILES string of the molecule is CS(=O)Nc1ccn(C(=O)N2CCC3(CCN(Cc4ccc(Cl)cc4N4CCCC4)C3)CC2)n1. The Labute approximate surface area is 208 Å². The maximum absolute atomic E-state index is 12.9. The Morgan fingerprint density at radius 2 is 1.85 bits per heavy atom. The van der Waals surface area contributed by atoms with Gasteiger partial charge in [-0.2, -0.15) is 4.68 Å². The van der Waals surface area contributed by atoms with E-state index in [4.69, 9.17) is 11.6 Å². The first-order valence-corrected chi connectivity index (χ1v) is 14.1. The van der Waals surface area contributed by atoms with Crippen LogP contribution in [0.5, 0.6) is 0 Å². The van der Waals surface area contributed by atoms with E-state index in [1.165, 1.54) is 41.5 Å². The summed E-state index contributed by atoms with van der Waals surface area (Å²) in [6.07, 6.45) is 8.88. The zero-order chi connectivity index (χ0) is 23.7. The smallest absolute Gasteiger partial charge is 0.344 e. The predicted molar refractivity (Wildman–Crippen MR) is 137 cm³/mol. The number of benzene rings is 1. The van der Waals surface area contributed by atoms with Gasteiger partial charge in [-0.1, -0.05) is 17.7 Å². The number of halogens is 1. The molecule has 0 saturated carbocycles. The zero-order valence-electron chi connectivity index (χ0n) is 19.7. The molecule has 1 aromatic carbocycles. The Bertz CT molecular complexity index is 1060. The maximum atomic E-state index is 12.9. The molecule has 1 unspecified atom stereocenters. The van der Waals surface area contributed by atoms with Gasteiger partial charge in [0.25, 0.3) is 0 Å². The molecule has 1 aromatic heterocycles. The summed E-state index contributed by atoms with van der Waals surface area (Å²) < 4.78 is 15.4. The van der Waals surface area contributed by atoms with Gasteiger partial charge in [-0.3, -0.25) is 9.62 Å². The summed E-state index contributed by atoms with van der Waals surface area (Å²) in [5, 5.41) is 5.03. The van der Waals surface area contributed by atoms with Gasteiger partial charge in [-0.05, 0) is 61.8 Å². The molecule has 5 rings (SSSR count). The van der Waals surface area contributed by atoms with Crippen molar-refractivity contribution in [3.63, 3.8) is 0 Å². The first-order chi connectivity index (χ1) is 16.4. The van der Waals surface area contributed by atoms with Crippen LogP contribution in [0.4, 0.5) is 16.3 Å². The molecule has 1 N–H and O–H groups in total. The van der Waals surface area contributed by atoms with Crippen LogP contribution in [0, 0.1) is 5.41 Å². The quantitative estimate of drug-likeness (QED) is 0.670. The Morgan fingerprint density at radius 1 is 1.12 bits per heavy atom. The van der Waals surface area contributed by atoms with Gasteiger partial charge < -0.3 is 9.80 Å². The fourth-order valence-corrected chi connectivity index (χ4v) is 6.25. The summed E-state index contributed by atoms with van der Waals surface area (Å²) in [4.78, 5) is 19.8. The van der Waals surface area contributed by atoms with Crippen LogP contribution in [0.3, 0.4) is 0 Å². The molecule has 1 amide bonds. The van der Waals surface area contributed by atoms with Crippen LogP contribution in [0.15, 0.2) is 30.5 Å². The molecule has 3 aliphatic heterocycles. The van der Waals surface area contributed by atoms with Crippen LogP contribution in [-0.2, 0) is 17.5 Å². The number of carbonyl (C=O) groups is 1. The number of rotatable bonds is 5. The van der Waals surface area contributed by atoms with E-state index in [0.29, 0.717) is 5.82 Å². The summed E-state index contributed by atoms with van der Waals surface area (Å²) in [5.74, 6) is 0.449. The van der Waals surface area contributed by atoms with Gasteiger partial charge in [0.15, 0.2) is 5.82 Å². The summed E-state index contributed by atoms with van der Waals surface area (Å²) >= 11 is 6.34. The lowest BCUT2D eigenvalue weighted by Gasteiger charge is -2.39. The largest absolute Gasteiger partial charge is 0.371 e. The first-order valence-electron chi connectivity index (χ1n) is 12.1. The third-order valence-electron chi connectivity index (χ3n) is 7.53. The molecule has 0 aliphatic carbocycles. The monoisotopic (exact) mass is 504 g/mol. The number of carbonyl (C=O) groups excluding carboxylic acids is 1. The van der Waals surface area contributed by atoms with Crippen LogP contribution >= 0.6 is 11.6 Å². The third-order valence-corrected chi connectivity index (χ3v) is 8.27. The van der Waals surface area contributed by atoms with E-state index in [1.54, 1.807) is 12.3 Å². The van der Waals surface area contributed by atoms with Crippen molar-refractivity contribution in [2.75, 3.05) is 55.1 Å². The van der Waals surface area contributed by atoms with E-state index >= 15 is 0 Å². The van der Waals surface area contributed by atoms with Crippen molar-refractivity contribution < 1.29 is 9.00 Å². The van der Waals surface area contributed by atoms with Gasteiger partial charge in [-0.15, -0.1) is 5.10 Å². The lowest BCUT2D eigenvalue weighted by Crippen LogP contribution is -2.45. The summed E-state index contributed by atoms with van der Waals surface area (Å²) in [6.45, 7) is 6.85. The highest BCUT2D eigenvalue weighted by atomic mass is 35.5. The average Bonchev–Trinajstić information content (AvgIpc) is 3.57. The van der Waals surface area contributed by atoms with E-state index < -0.39 is 11.0 Å². The number of anilines is 2. The Balaban J connectivity index is 1.18. The van der Waals surface area contributed by atoms with Crippen molar-refractivity contribution in [3.8, 4) is 0 Å². The number of likely N-dealkylation sites (tertiary alicyclic amines) is 2. The molecule has 2 aromatic rings. The van der Waals surface area contributed by atoms with Crippen LogP contribution < -0.4 is 9.62 Å². The minimum Gasteiger partial charge on any atom is -0.371 e. The van der Waals surface area contributed by atoms with Gasteiger partial charge in [-0.25, -0.2) is 9.00 Å². The molecule has 4 heterocycles. The lowest BCUT2D eigenvalue weighted by atomic mass is 9.78. The van der Waals surface area contributed by atoms with E-state index in [1.807, 2.05) is 11.0 Å². The Kier molecular flexibility index (Phi) is 6.86. The molecule has 184 valence electrons. The van der Waals surface area contributed by atoms with Crippen molar-refractivity contribution in [2.24, 2.45) is 5.41 Å². The number of piperidine rings is 1. The van der Waals surface area contributed by atoms with E-state index in [9.17, 15) is 9.00 Å². The molecule has 3 aliphatic rings. The van der Waals surface area contributed by atoms with Crippen LogP contribution in [0.2, 0.25) is 5.02 Å². The molecule has 0 radical (unpaired) electrons. The summed E-state index contributed by atoms with van der Waals surface area (Å²) in [5.41, 5.74) is 2.95. The van der Waals surface area contributed by atoms with Crippen molar-refractivity contribution in [3.05, 3.63) is 41.0 Å². The second kappa shape index (κ2) is 9.87. The molecule has 3 fully saturated rings. The molecule has 8 nitrogen and oxygen atoms in total. The van der Waals surface area contributed by atoms with Crippen LogP contribution in [0.1, 0.15) is 37.7 Å². The minimum absolute atomic E-state index is 0.115. The second-order valence-electron chi connectivity index (χ2n) is 9.90. The highest BCUT2D eigenvalue weighted by molar-refractivity contribution is 7.85. The molecule has 0 bridgehead atoms. The third kappa shape index (κ3) is 5.11. The minimum atomic E-state index is -1.21. The standard InChI is InChI=1S/C24H33ClN6O2S/c1-34(33)27-22-6-12-31(26-22)23(32)30-14-8-24(9-15-30)7-13-28(18-24)17-19-4-5-20(25)16-21(19)29-10-2-3-11-29/h4-6,12,16H,2-3,7-11,13-15,17-18H2,1H3,(H,26,27). The topological polar surface area (TPSA) is 73.7 Å². The van der Waals surface area contributed by atoms with Gasteiger partial charge in [0.05, 0.1) is 0 Å². The van der Waals surface area contributed by atoms with Gasteiger partial charge in [0.2, 0.25) is 0 Å². The highest BCUT2D eigenvalue weighted by Gasteiger charge is 2.41. The zero-order valence-corrected chi connectivity index (χ0v) is 21.3. The van der Waals surface area contributed by atoms with Crippen molar-refractivity contribution in [2.45, 2.75) is 38.6 Å². The Hall–Kier alpha value is -2.10. The molecule has 34 heavy (non-hydrogen) atoms. The fraction of sp³-hybridized carbons (Fsp3) is 0.583. The Morgan fingerprint density at radius 3 is 2.59 bits per heavy atom. The number of hydrogen-bond donors (Lipinski definition) is 1. The van der Waals surface area contributed by atoms with Gasteiger partial charge >= 0.3 is 6.03 Å². The van der Waals surface area contributed by atoms with Crippen molar-refractivity contribution in [1.82, 2.24) is 19.6 Å². The van der Waals surface area contributed by atoms with E-state index in [2.05, 4.69) is 31.8 Å². The van der Waals surface area contributed by atoms with Crippen LogP contribution in [-0.4, -0.2) is 75.3 Å². The van der Waals surface area contributed by atoms with Crippen molar-refractivity contribution >= 4 is 40.1 Å². The average molecular weight is 505 g/mol. The molecule has 10 heteroatoms. The fourth-order valence-electron chi connectivity index (χ4n) is 5.68. The molecule has 3 saturated heterocycles. The normalized spacial score (nSPS) is 21.4.